The number of aromatic nitrogens is 3. The molecule has 4 nitrogen and oxygen atoms in total. The van der Waals surface area contributed by atoms with Gasteiger partial charge in [-0.2, -0.15) is 0 Å². The topological polar surface area (TPSA) is 50.7 Å². The minimum atomic E-state index is 0.245. The number of anilines is 1. The molecule has 0 unspecified atom stereocenters. The van der Waals surface area contributed by atoms with E-state index in [1.54, 1.807) is 24.7 Å². The Kier molecular flexibility index (Phi) is 3.09. The second kappa shape index (κ2) is 4.70. The van der Waals surface area contributed by atoms with E-state index in [1.807, 2.05) is 12.1 Å². The summed E-state index contributed by atoms with van der Waals surface area (Å²) in [5, 5.41) is 3.38. The summed E-state index contributed by atoms with van der Waals surface area (Å²) in [5.41, 5.74) is 1.14. The zero-order valence-electron chi connectivity index (χ0n) is 7.89. The van der Waals surface area contributed by atoms with E-state index in [4.69, 9.17) is 11.6 Å². The summed E-state index contributed by atoms with van der Waals surface area (Å²) in [6.07, 6.45) is 5.12. The minimum Gasteiger partial charge on any atom is -0.366 e. The van der Waals surface area contributed by atoms with E-state index in [-0.39, 0.29) is 5.28 Å². The first-order valence-electron chi connectivity index (χ1n) is 4.46. The largest absolute Gasteiger partial charge is 0.366 e. The Balaban J connectivity index is 1.99. The fraction of sp³-hybridized carbons (Fsp3) is 0.100. The molecular weight excluding hydrogens is 212 g/mol. The molecule has 2 heterocycles. The van der Waals surface area contributed by atoms with E-state index >= 15 is 0 Å². The molecule has 2 rings (SSSR count). The number of halogens is 1. The standard InChI is InChI=1S/C10H9ClN4/c11-10-13-6-3-9(15-10)14-7-8-1-4-12-5-2-8/h1-6H,7H2,(H,13,14,15). The summed E-state index contributed by atoms with van der Waals surface area (Å²) >= 11 is 5.65. The van der Waals surface area contributed by atoms with Crippen LogP contribution in [0, 0.1) is 0 Å². The number of pyridine rings is 1. The molecule has 76 valence electrons. The lowest BCUT2D eigenvalue weighted by atomic mass is 10.3. The molecule has 0 aromatic carbocycles. The smallest absolute Gasteiger partial charge is 0.224 e. The lowest BCUT2D eigenvalue weighted by Crippen LogP contribution is -2.01. The van der Waals surface area contributed by atoms with Crippen molar-refractivity contribution in [3.05, 3.63) is 47.6 Å². The summed E-state index contributed by atoms with van der Waals surface area (Å²) in [6, 6.07) is 5.65. The van der Waals surface area contributed by atoms with Gasteiger partial charge in [0.05, 0.1) is 0 Å². The monoisotopic (exact) mass is 220 g/mol. The molecule has 2 aromatic rings. The van der Waals surface area contributed by atoms with Crippen molar-refractivity contribution in [2.75, 3.05) is 5.32 Å². The van der Waals surface area contributed by atoms with Crippen LogP contribution >= 0.6 is 11.6 Å². The summed E-state index contributed by atoms with van der Waals surface area (Å²) in [4.78, 5) is 11.8. The SMILES string of the molecule is Clc1nccc(NCc2ccncc2)n1. The number of hydrogen-bond acceptors (Lipinski definition) is 4. The van der Waals surface area contributed by atoms with Gasteiger partial charge in [0.1, 0.15) is 5.82 Å². The van der Waals surface area contributed by atoms with Gasteiger partial charge in [-0.25, -0.2) is 9.97 Å². The molecule has 0 saturated carbocycles. The average Bonchev–Trinajstić information content (AvgIpc) is 2.28. The Bertz CT molecular complexity index is 432. The molecule has 0 atom stereocenters. The van der Waals surface area contributed by atoms with Crippen molar-refractivity contribution < 1.29 is 0 Å². The van der Waals surface area contributed by atoms with Gasteiger partial charge in [-0.3, -0.25) is 4.98 Å². The zero-order chi connectivity index (χ0) is 10.5. The van der Waals surface area contributed by atoms with Gasteiger partial charge in [0.2, 0.25) is 5.28 Å². The van der Waals surface area contributed by atoms with Crippen LogP contribution in [0.15, 0.2) is 36.8 Å². The third kappa shape index (κ3) is 2.89. The van der Waals surface area contributed by atoms with Gasteiger partial charge in [0.25, 0.3) is 0 Å². The highest BCUT2D eigenvalue weighted by Crippen LogP contribution is 2.07. The molecule has 0 aliphatic carbocycles. The van der Waals surface area contributed by atoms with Crippen molar-refractivity contribution in [3.63, 3.8) is 0 Å². The van der Waals surface area contributed by atoms with Gasteiger partial charge in [-0.1, -0.05) is 0 Å². The van der Waals surface area contributed by atoms with Gasteiger partial charge in [-0.05, 0) is 35.4 Å². The lowest BCUT2D eigenvalue weighted by Gasteiger charge is -2.04. The summed E-state index contributed by atoms with van der Waals surface area (Å²) < 4.78 is 0. The molecular formula is C10H9ClN4. The molecule has 0 radical (unpaired) electrons. The first kappa shape index (κ1) is 9.86. The van der Waals surface area contributed by atoms with E-state index in [0.717, 1.165) is 5.56 Å². The predicted molar refractivity (Wildman–Crippen MR) is 58.6 cm³/mol. The fourth-order valence-electron chi connectivity index (χ4n) is 1.13. The number of rotatable bonds is 3. The van der Waals surface area contributed by atoms with Gasteiger partial charge in [0, 0.05) is 25.1 Å². The summed E-state index contributed by atoms with van der Waals surface area (Å²) in [7, 11) is 0. The Morgan fingerprint density at radius 3 is 2.67 bits per heavy atom. The first-order valence-corrected chi connectivity index (χ1v) is 4.84. The highest BCUT2D eigenvalue weighted by atomic mass is 35.5. The molecule has 0 bridgehead atoms. The minimum absolute atomic E-state index is 0.245. The van der Waals surface area contributed by atoms with Crippen LogP contribution in [0.3, 0.4) is 0 Å². The Morgan fingerprint density at radius 2 is 1.93 bits per heavy atom. The molecule has 15 heavy (non-hydrogen) atoms. The molecule has 0 amide bonds. The van der Waals surface area contributed by atoms with E-state index in [1.165, 1.54) is 0 Å². The van der Waals surface area contributed by atoms with Gasteiger partial charge < -0.3 is 5.32 Å². The van der Waals surface area contributed by atoms with E-state index < -0.39 is 0 Å². The van der Waals surface area contributed by atoms with Gasteiger partial charge in [-0.15, -0.1) is 0 Å². The number of nitrogens with one attached hydrogen (secondary N) is 1. The van der Waals surface area contributed by atoms with E-state index in [9.17, 15) is 0 Å². The summed E-state index contributed by atoms with van der Waals surface area (Å²) in [5.74, 6) is 0.715. The fourth-order valence-corrected chi connectivity index (χ4v) is 1.27. The maximum atomic E-state index is 5.65. The Labute approximate surface area is 92.4 Å². The highest BCUT2D eigenvalue weighted by molar-refractivity contribution is 6.28. The normalized spacial score (nSPS) is 9.93. The quantitative estimate of drug-likeness (QED) is 0.806. The molecule has 0 aliphatic rings. The predicted octanol–water partition coefficient (Wildman–Crippen LogP) is 2.14. The average molecular weight is 221 g/mol. The second-order valence-electron chi connectivity index (χ2n) is 2.92. The highest BCUT2D eigenvalue weighted by Gasteiger charge is 1.96. The lowest BCUT2D eigenvalue weighted by molar-refractivity contribution is 1.07. The van der Waals surface area contributed by atoms with Crippen molar-refractivity contribution in [1.82, 2.24) is 15.0 Å². The second-order valence-corrected chi connectivity index (χ2v) is 3.26. The van der Waals surface area contributed by atoms with Crippen LogP contribution < -0.4 is 5.32 Å². The maximum absolute atomic E-state index is 5.65. The van der Waals surface area contributed by atoms with Crippen molar-refractivity contribution in [2.24, 2.45) is 0 Å². The zero-order valence-corrected chi connectivity index (χ0v) is 8.65. The van der Waals surface area contributed by atoms with Crippen LogP contribution in [-0.4, -0.2) is 15.0 Å². The van der Waals surface area contributed by atoms with Crippen LogP contribution in [0.5, 0.6) is 0 Å². The van der Waals surface area contributed by atoms with Crippen molar-refractivity contribution >= 4 is 17.4 Å². The molecule has 0 fully saturated rings. The Hall–Kier alpha value is -1.68. The summed E-state index contributed by atoms with van der Waals surface area (Å²) in [6.45, 7) is 0.690. The molecule has 0 saturated heterocycles. The molecule has 1 N–H and O–H groups in total. The number of hydrogen-bond donors (Lipinski definition) is 1. The van der Waals surface area contributed by atoms with Crippen LogP contribution in [0.25, 0.3) is 0 Å². The molecule has 5 heteroatoms. The first-order chi connectivity index (χ1) is 7.34. The third-order valence-electron chi connectivity index (χ3n) is 1.85. The van der Waals surface area contributed by atoms with Gasteiger partial charge in [0.15, 0.2) is 0 Å². The van der Waals surface area contributed by atoms with E-state index in [0.29, 0.717) is 12.4 Å². The van der Waals surface area contributed by atoms with Crippen LogP contribution in [-0.2, 0) is 6.54 Å². The van der Waals surface area contributed by atoms with Gasteiger partial charge >= 0.3 is 0 Å². The van der Waals surface area contributed by atoms with Crippen molar-refractivity contribution in [1.29, 1.82) is 0 Å². The van der Waals surface area contributed by atoms with E-state index in [2.05, 4.69) is 20.3 Å². The molecule has 2 aromatic heterocycles. The molecule has 0 aliphatic heterocycles. The van der Waals surface area contributed by atoms with Crippen LogP contribution in [0.1, 0.15) is 5.56 Å². The van der Waals surface area contributed by atoms with Crippen molar-refractivity contribution in [3.8, 4) is 0 Å². The Morgan fingerprint density at radius 1 is 1.13 bits per heavy atom. The maximum Gasteiger partial charge on any atom is 0.224 e. The molecule has 0 spiro atoms. The third-order valence-corrected chi connectivity index (χ3v) is 2.03. The van der Waals surface area contributed by atoms with Crippen molar-refractivity contribution in [2.45, 2.75) is 6.54 Å². The number of nitrogens with zero attached hydrogens (tertiary/aromatic N) is 3. The van der Waals surface area contributed by atoms with Crippen LogP contribution in [0.2, 0.25) is 5.28 Å². The van der Waals surface area contributed by atoms with Crippen LogP contribution in [0.4, 0.5) is 5.82 Å².